The SMILES string of the molecule is CCOc1ccc(N2C(=O)C(=O)N(CC(=O)N[C@@H]3CCS(=O)(=O)C3)C2=O)cc1OCC. The first-order chi connectivity index (χ1) is 14.7. The summed E-state index contributed by atoms with van der Waals surface area (Å²) in [7, 11) is -3.21. The Balaban J connectivity index is 1.75. The number of urea groups is 1. The van der Waals surface area contributed by atoms with E-state index in [0.717, 1.165) is 0 Å². The molecule has 3 rings (SSSR count). The van der Waals surface area contributed by atoms with E-state index in [9.17, 15) is 27.6 Å². The van der Waals surface area contributed by atoms with Gasteiger partial charge >= 0.3 is 17.8 Å². The molecule has 2 heterocycles. The van der Waals surface area contributed by atoms with E-state index in [0.29, 0.717) is 34.5 Å². The molecule has 1 atom stereocenters. The van der Waals surface area contributed by atoms with Gasteiger partial charge in [0, 0.05) is 12.1 Å². The van der Waals surface area contributed by atoms with Crippen LogP contribution < -0.4 is 19.7 Å². The summed E-state index contributed by atoms with van der Waals surface area (Å²) in [5.41, 5.74) is 0.0973. The molecule has 2 aliphatic rings. The van der Waals surface area contributed by atoms with Gasteiger partial charge in [0.2, 0.25) is 5.91 Å². The van der Waals surface area contributed by atoms with Crippen LogP contribution in [0.5, 0.6) is 11.5 Å². The highest BCUT2D eigenvalue weighted by molar-refractivity contribution is 7.91. The second-order valence-electron chi connectivity index (χ2n) is 6.98. The second-order valence-corrected chi connectivity index (χ2v) is 9.21. The number of nitrogens with zero attached hydrogens (tertiary/aromatic N) is 2. The average Bonchev–Trinajstić information content (AvgIpc) is 3.14. The number of carbonyl (C=O) groups is 4. The van der Waals surface area contributed by atoms with E-state index in [1.165, 1.54) is 18.2 Å². The van der Waals surface area contributed by atoms with Crippen LogP contribution in [0.15, 0.2) is 18.2 Å². The molecule has 0 spiro atoms. The number of nitrogens with one attached hydrogen (secondary N) is 1. The summed E-state index contributed by atoms with van der Waals surface area (Å²) < 4.78 is 34.0. The van der Waals surface area contributed by atoms with Gasteiger partial charge in [0.05, 0.1) is 30.4 Å². The molecule has 1 N–H and O–H groups in total. The van der Waals surface area contributed by atoms with Crippen LogP contribution in [0.3, 0.4) is 0 Å². The molecule has 31 heavy (non-hydrogen) atoms. The Kier molecular flexibility index (Phi) is 6.48. The van der Waals surface area contributed by atoms with E-state index in [1.807, 2.05) is 0 Å². The number of anilines is 1. The van der Waals surface area contributed by atoms with E-state index in [4.69, 9.17) is 9.47 Å². The van der Waals surface area contributed by atoms with Gasteiger partial charge in [-0.05, 0) is 32.4 Å². The van der Waals surface area contributed by atoms with E-state index < -0.39 is 46.2 Å². The van der Waals surface area contributed by atoms with Crippen molar-refractivity contribution in [2.45, 2.75) is 26.3 Å². The fourth-order valence-corrected chi connectivity index (χ4v) is 5.05. The van der Waals surface area contributed by atoms with Crippen molar-refractivity contribution < 1.29 is 37.1 Å². The Bertz CT molecular complexity index is 1020. The van der Waals surface area contributed by atoms with E-state index in [-0.39, 0.29) is 23.6 Å². The van der Waals surface area contributed by atoms with Gasteiger partial charge in [-0.3, -0.25) is 14.4 Å². The molecule has 2 saturated heterocycles. The first kappa shape index (κ1) is 22.5. The van der Waals surface area contributed by atoms with Crippen LogP contribution >= 0.6 is 0 Å². The Morgan fingerprint density at radius 2 is 1.77 bits per heavy atom. The van der Waals surface area contributed by atoms with Crippen LogP contribution in [0.25, 0.3) is 0 Å². The molecule has 0 unspecified atom stereocenters. The maximum absolute atomic E-state index is 12.7. The number of ether oxygens (including phenoxy) is 2. The predicted octanol–water partition coefficient (Wildman–Crippen LogP) is 0.0825. The van der Waals surface area contributed by atoms with Crippen molar-refractivity contribution in [3.8, 4) is 11.5 Å². The molecular formula is C19H23N3O8S. The molecule has 12 heteroatoms. The number of hydrogen-bond acceptors (Lipinski definition) is 8. The number of benzene rings is 1. The van der Waals surface area contributed by atoms with Gasteiger partial charge in [0.15, 0.2) is 21.3 Å². The monoisotopic (exact) mass is 453 g/mol. The lowest BCUT2D eigenvalue weighted by Gasteiger charge is -2.18. The normalized spacial score (nSPS) is 20.3. The lowest BCUT2D eigenvalue weighted by molar-refractivity contribution is -0.140. The van der Waals surface area contributed by atoms with Crippen LogP contribution in [-0.2, 0) is 24.2 Å². The van der Waals surface area contributed by atoms with Gasteiger partial charge in [0.25, 0.3) is 0 Å². The van der Waals surface area contributed by atoms with Crippen molar-refractivity contribution in [3.05, 3.63) is 18.2 Å². The lowest BCUT2D eigenvalue weighted by Crippen LogP contribution is -2.45. The fourth-order valence-electron chi connectivity index (χ4n) is 3.38. The molecule has 1 aromatic carbocycles. The van der Waals surface area contributed by atoms with E-state index >= 15 is 0 Å². The van der Waals surface area contributed by atoms with Crippen molar-refractivity contribution in [2.75, 3.05) is 36.2 Å². The molecule has 0 saturated carbocycles. The van der Waals surface area contributed by atoms with Gasteiger partial charge in [0.1, 0.15) is 6.54 Å². The smallest absolute Gasteiger partial charge is 0.339 e. The number of sulfone groups is 1. The standard InChI is InChI=1S/C19H23N3O8S/c1-3-29-14-6-5-13(9-15(14)30-4-2)22-18(25)17(24)21(19(22)26)10-16(23)20-12-7-8-31(27,28)11-12/h5-6,9,12H,3-4,7-8,10-11H2,1-2H3,(H,20,23)/t12-/m1/s1. The summed E-state index contributed by atoms with van der Waals surface area (Å²) in [6.45, 7) is 3.55. The fraction of sp³-hybridized carbons (Fsp3) is 0.474. The second kappa shape index (κ2) is 8.92. The molecule has 2 aliphatic heterocycles. The first-order valence-corrected chi connectivity index (χ1v) is 11.6. The maximum Gasteiger partial charge on any atom is 0.339 e. The quantitative estimate of drug-likeness (QED) is 0.431. The molecule has 0 aromatic heterocycles. The van der Waals surface area contributed by atoms with Crippen LogP contribution in [0.2, 0.25) is 0 Å². The zero-order chi connectivity index (χ0) is 22.8. The van der Waals surface area contributed by atoms with Gasteiger partial charge in [-0.1, -0.05) is 0 Å². The van der Waals surface area contributed by atoms with Crippen LogP contribution in [0.4, 0.5) is 10.5 Å². The van der Waals surface area contributed by atoms with Gasteiger partial charge < -0.3 is 14.8 Å². The molecule has 0 bridgehead atoms. The summed E-state index contributed by atoms with van der Waals surface area (Å²) >= 11 is 0. The maximum atomic E-state index is 12.7. The van der Waals surface area contributed by atoms with Crippen LogP contribution in [-0.4, -0.2) is 74.4 Å². The highest BCUT2D eigenvalue weighted by Crippen LogP contribution is 2.34. The third-order valence-electron chi connectivity index (χ3n) is 4.74. The molecule has 168 valence electrons. The Morgan fingerprint density at radius 3 is 2.39 bits per heavy atom. The van der Waals surface area contributed by atoms with Crippen LogP contribution in [0.1, 0.15) is 20.3 Å². The summed E-state index contributed by atoms with van der Waals surface area (Å²) in [6.07, 6.45) is 0.257. The Labute approximate surface area is 179 Å². The van der Waals surface area contributed by atoms with Crippen molar-refractivity contribution in [1.29, 1.82) is 0 Å². The van der Waals surface area contributed by atoms with Crippen molar-refractivity contribution >= 4 is 39.3 Å². The topological polar surface area (TPSA) is 139 Å². The van der Waals surface area contributed by atoms with E-state index in [1.54, 1.807) is 13.8 Å². The summed E-state index contributed by atoms with van der Waals surface area (Å²) in [6, 6.07) is 2.80. The minimum atomic E-state index is -3.21. The van der Waals surface area contributed by atoms with Gasteiger partial charge in [-0.25, -0.2) is 23.0 Å². The Morgan fingerprint density at radius 1 is 1.10 bits per heavy atom. The number of carbonyl (C=O) groups excluding carboxylic acids is 4. The molecule has 0 aliphatic carbocycles. The number of imide groups is 2. The van der Waals surface area contributed by atoms with Crippen molar-refractivity contribution in [1.82, 2.24) is 10.2 Å². The number of hydrogen-bond donors (Lipinski definition) is 1. The minimum Gasteiger partial charge on any atom is -0.490 e. The lowest BCUT2D eigenvalue weighted by atomic mass is 10.2. The molecule has 1 aromatic rings. The zero-order valence-electron chi connectivity index (χ0n) is 17.1. The highest BCUT2D eigenvalue weighted by Gasteiger charge is 2.46. The minimum absolute atomic E-state index is 0.0360. The zero-order valence-corrected chi connectivity index (χ0v) is 17.9. The van der Waals surface area contributed by atoms with Crippen molar-refractivity contribution in [2.24, 2.45) is 0 Å². The third kappa shape index (κ3) is 4.79. The summed E-state index contributed by atoms with van der Waals surface area (Å²) in [5.74, 6) is -2.49. The summed E-state index contributed by atoms with van der Waals surface area (Å²) in [5, 5.41) is 2.49. The average molecular weight is 453 g/mol. The van der Waals surface area contributed by atoms with Crippen LogP contribution in [0, 0.1) is 0 Å². The molecule has 5 amide bonds. The van der Waals surface area contributed by atoms with Gasteiger partial charge in [-0.15, -0.1) is 0 Å². The largest absolute Gasteiger partial charge is 0.490 e. The predicted molar refractivity (Wildman–Crippen MR) is 109 cm³/mol. The molecule has 2 fully saturated rings. The molecular weight excluding hydrogens is 430 g/mol. The molecule has 11 nitrogen and oxygen atoms in total. The van der Waals surface area contributed by atoms with E-state index in [2.05, 4.69) is 5.32 Å². The van der Waals surface area contributed by atoms with Gasteiger partial charge in [-0.2, -0.15) is 0 Å². The summed E-state index contributed by atoms with van der Waals surface area (Å²) in [4.78, 5) is 51.0. The van der Waals surface area contributed by atoms with Crippen molar-refractivity contribution in [3.63, 3.8) is 0 Å². The highest BCUT2D eigenvalue weighted by atomic mass is 32.2. The third-order valence-corrected chi connectivity index (χ3v) is 6.51. The number of amides is 5. The molecule has 0 radical (unpaired) electrons. The number of rotatable bonds is 8. The Hall–Kier alpha value is -3.15. The first-order valence-electron chi connectivity index (χ1n) is 9.76.